The molecule has 1 aromatic rings. The third-order valence-corrected chi connectivity index (χ3v) is 3.18. The number of nitrogens with zero attached hydrogens (tertiary/aromatic N) is 1. The molecule has 0 spiro atoms. The second kappa shape index (κ2) is 12.6. The Hall–Kier alpha value is -0.400. The summed E-state index contributed by atoms with van der Waals surface area (Å²) in [5.41, 5.74) is 0.928. The summed E-state index contributed by atoms with van der Waals surface area (Å²) in [6.07, 6.45) is 0.942. The highest BCUT2D eigenvalue weighted by molar-refractivity contribution is 7.09. The lowest BCUT2D eigenvalue weighted by Gasteiger charge is -2.04. The minimum atomic E-state index is -0.0212. The molecule has 0 unspecified atom stereocenters. The zero-order chi connectivity index (χ0) is 12.5. The summed E-state index contributed by atoms with van der Waals surface area (Å²) in [5, 5.41) is 8.89. The average molecular weight is 330 g/mol. The Labute approximate surface area is 130 Å². The number of hydrogen-bond donors (Lipinski definition) is 2. The molecule has 1 aromatic heterocycles. The molecule has 112 valence electrons. The largest absolute Gasteiger partial charge is 0.383 e. The normalized spacial score (nSPS) is 9.37. The highest BCUT2D eigenvalue weighted by Gasteiger charge is 2.03. The fraction of sp³-hybridized carbons (Fsp3) is 0.636. The Morgan fingerprint density at radius 3 is 2.79 bits per heavy atom. The third-order valence-electron chi connectivity index (χ3n) is 2.14. The van der Waals surface area contributed by atoms with E-state index in [2.05, 4.69) is 22.5 Å². The summed E-state index contributed by atoms with van der Waals surface area (Å²) >= 11 is 1.63. The van der Waals surface area contributed by atoms with E-state index in [9.17, 15) is 4.79 Å². The molecule has 0 atom stereocenters. The number of aromatic nitrogens is 1. The molecule has 0 saturated carbocycles. The fourth-order valence-electron chi connectivity index (χ4n) is 1.22. The van der Waals surface area contributed by atoms with Gasteiger partial charge in [0.15, 0.2) is 0 Å². The van der Waals surface area contributed by atoms with E-state index in [0.717, 1.165) is 17.1 Å². The Balaban J connectivity index is 0. The maximum Gasteiger partial charge on any atom is 0.234 e. The number of aryl methyl sites for hydroxylation is 1. The molecule has 0 aromatic carbocycles. The van der Waals surface area contributed by atoms with Gasteiger partial charge in [-0.3, -0.25) is 4.79 Å². The van der Waals surface area contributed by atoms with Crippen molar-refractivity contribution < 1.29 is 9.53 Å². The Morgan fingerprint density at radius 1 is 1.47 bits per heavy atom. The predicted octanol–water partition coefficient (Wildman–Crippen LogP) is 1.40. The van der Waals surface area contributed by atoms with E-state index in [1.54, 1.807) is 18.4 Å². The van der Waals surface area contributed by atoms with E-state index < -0.39 is 0 Å². The van der Waals surface area contributed by atoms with Crippen LogP contribution in [0.3, 0.4) is 0 Å². The van der Waals surface area contributed by atoms with E-state index >= 15 is 0 Å². The van der Waals surface area contributed by atoms with Crippen LogP contribution in [0.2, 0.25) is 0 Å². The van der Waals surface area contributed by atoms with Crippen LogP contribution in [-0.4, -0.2) is 37.7 Å². The minimum absolute atomic E-state index is 0. The Bertz CT molecular complexity index is 350. The van der Waals surface area contributed by atoms with Crippen LogP contribution in [0.15, 0.2) is 5.38 Å². The van der Waals surface area contributed by atoms with Gasteiger partial charge in [0.05, 0.1) is 30.4 Å². The number of nitrogens with one attached hydrogen (secondary N) is 2. The summed E-state index contributed by atoms with van der Waals surface area (Å²) in [5.74, 6) is -0.0212. The second-order valence-electron chi connectivity index (χ2n) is 3.53. The smallest absolute Gasteiger partial charge is 0.234 e. The van der Waals surface area contributed by atoms with Gasteiger partial charge in [0.2, 0.25) is 5.91 Å². The first-order chi connectivity index (χ1) is 8.26. The van der Waals surface area contributed by atoms with Gasteiger partial charge < -0.3 is 15.4 Å². The molecule has 1 heterocycles. The highest BCUT2D eigenvalue weighted by atomic mass is 35.5. The van der Waals surface area contributed by atoms with Crippen LogP contribution in [0.1, 0.15) is 17.6 Å². The summed E-state index contributed by atoms with van der Waals surface area (Å²) in [7, 11) is 1.63. The summed E-state index contributed by atoms with van der Waals surface area (Å²) in [6, 6.07) is 0. The van der Waals surface area contributed by atoms with Crippen molar-refractivity contribution in [3.63, 3.8) is 0 Å². The first-order valence-corrected chi connectivity index (χ1v) is 6.53. The van der Waals surface area contributed by atoms with Crippen LogP contribution in [0.25, 0.3) is 0 Å². The summed E-state index contributed by atoms with van der Waals surface area (Å²) in [4.78, 5) is 15.8. The summed E-state index contributed by atoms with van der Waals surface area (Å²) in [6.45, 7) is 4.18. The van der Waals surface area contributed by atoms with Gasteiger partial charge in [-0.1, -0.05) is 6.92 Å². The van der Waals surface area contributed by atoms with Crippen molar-refractivity contribution in [3.05, 3.63) is 16.1 Å². The molecule has 1 amide bonds. The number of methoxy groups -OCH3 is 1. The monoisotopic (exact) mass is 329 g/mol. The van der Waals surface area contributed by atoms with E-state index in [1.165, 1.54) is 0 Å². The first-order valence-electron chi connectivity index (χ1n) is 5.66. The lowest BCUT2D eigenvalue weighted by Crippen LogP contribution is -2.34. The SMILES string of the molecule is CCc1nc(CNC(=O)CNCCOC)cs1.Cl.Cl. The van der Waals surface area contributed by atoms with Crippen LogP contribution < -0.4 is 10.6 Å². The number of carbonyl (C=O) groups excluding carboxylic acids is 1. The molecule has 0 aliphatic heterocycles. The zero-order valence-corrected chi connectivity index (χ0v) is 13.6. The van der Waals surface area contributed by atoms with Gasteiger partial charge in [0.1, 0.15) is 0 Å². The van der Waals surface area contributed by atoms with E-state index in [4.69, 9.17) is 4.74 Å². The minimum Gasteiger partial charge on any atom is -0.383 e. The van der Waals surface area contributed by atoms with Gasteiger partial charge in [-0.2, -0.15) is 0 Å². The molecule has 0 aliphatic carbocycles. The molecule has 2 N–H and O–H groups in total. The lowest BCUT2D eigenvalue weighted by atomic mass is 10.4. The highest BCUT2D eigenvalue weighted by Crippen LogP contribution is 2.09. The lowest BCUT2D eigenvalue weighted by molar-refractivity contribution is -0.120. The topological polar surface area (TPSA) is 63.2 Å². The molecular formula is C11H21Cl2N3O2S. The fourth-order valence-corrected chi connectivity index (χ4v) is 1.97. The van der Waals surface area contributed by atoms with Crippen molar-refractivity contribution in [2.45, 2.75) is 19.9 Å². The van der Waals surface area contributed by atoms with Crippen LogP contribution in [0.4, 0.5) is 0 Å². The molecule has 0 saturated heterocycles. The molecule has 0 radical (unpaired) electrons. The van der Waals surface area contributed by atoms with E-state index in [1.807, 2.05) is 5.38 Å². The van der Waals surface area contributed by atoms with Gasteiger partial charge in [-0.15, -0.1) is 36.2 Å². The number of halogens is 2. The van der Waals surface area contributed by atoms with Gasteiger partial charge >= 0.3 is 0 Å². The van der Waals surface area contributed by atoms with Crippen molar-refractivity contribution in [2.75, 3.05) is 26.8 Å². The number of carbonyl (C=O) groups is 1. The maximum atomic E-state index is 11.4. The molecule has 8 heteroatoms. The molecule has 0 aliphatic rings. The molecule has 19 heavy (non-hydrogen) atoms. The van der Waals surface area contributed by atoms with Gasteiger partial charge in [-0.05, 0) is 6.42 Å². The summed E-state index contributed by atoms with van der Waals surface area (Å²) < 4.78 is 4.87. The van der Waals surface area contributed by atoms with Gasteiger partial charge in [0, 0.05) is 19.0 Å². The second-order valence-corrected chi connectivity index (χ2v) is 4.48. The average Bonchev–Trinajstić information content (AvgIpc) is 2.80. The quantitative estimate of drug-likeness (QED) is 0.708. The number of thiazole rings is 1. The van der Waals surface area contributed by atoms with Crippen LogP contribution in [0.5, 0.6) is 0 Å². The number of rotatable bonds is 8. The van der Waals surface area contributed by atoms with E-state index in [0.29, 0.717) is 26.2 Å². The molecule has 5 nitrogen and oxygen atoms in total. The van der Waals surface area contributed by atoms with Crippen molar-refractivity contribution >= 4 is 42.1 Å². The number of ether oxygens (including phenoxy) is 1. The van der Waals surface area contributed by atoms with Crippen LogP contribution in [-0.2, 0) is 22.5 Å². The zero-order valence-electron chi connectivity index (χ0n) is 11.1. The van der Waals surface area contributed by atoms with Crippen LogP contribution in [0, 0.1) is 0 Å². The van der Waals surface area contributed by atoms with Gasteiger partial charge in [-0.25, -0.2) is 4.98 Å². The Kier molecular flexibility index (Phi) is 13.9. The van der Waals surface area contributed by atoms with Crippen molar-refractivity contribution in [1.29, 1.82) is 0 Å². The van der Waals surface area contributed by atoms with E-state index in [-0.39, 0.29) is 30.7 Å². The van der Waals surface area contributed by atoms with Crippen molar-refractivity contribution in [2.24, 2.45) is 0 Å². The predicted molar refractivity (Wildman–Crippen MR) is 82.6 cm³/mol. The Morgan fingerprint density at radius 2 is 2.21 bits per heavy atom. The number of amides is 1. The molecule has 0 bridgehead atoms. The first kappa shape index (κ1) is 20.9. The standard InChI is InChI=1S/C11H19N3O2S.2ClH/c1-3-11-14-9(8-17-11)6-13-10(15)7-12-4-5-16-2;;/h8,12H,3-7H2,1-2H3,(H,13,15);2*1H. The van der Waals surface area contributed by atoms with Gasteiger partial charge in [0.25, 0.3) is 0 Å². The van der Waals surface area contributed by atoms with Crippen LogP contribution >= 0.6 is 36.2 Å². The number of hydrogen-bond acceptors (Lipinski definition) is 5. The van der Waals surface area contributed by atoms with Crippen molar-refractivity contribution in [1.82, 2.24) is 15.6 Å². The third kappa shape index (κ3) is 9.18. The maximum absolute atomic E-state index is 11.4. The molecule has 0 fully saturated rings. The van der Waals surface area contributed by atoms with Crippen molar-refractivity contribution in [3.8, 4) is 0 Å². The molecule has 1 rings (SSSR count). The molecular weight excluding hydrogens is 309 g/mol.